The van der Waals surface area contributed by atoms with Crippen molar-refractivity contribution in [2.45, 2.75) is 17.9 Å². The molecule has 0 radical (unpaired) electrons. The Balaban J connectivity index is 2.02. The number of ether oxygens (including phenoxy) is 2. The van der Waals surface area contributed by atoms with Crippen molar-refractivity contribution in [2.24, 2.45) is 0 Å². The largest absolute Gasteiger partial charge is 0.488 e. The molecule has 0 fully saturated rings. The highest BCUT2D eigenvalue weighted by Crippen LogP contribution is 2.39. The zero-order chi connectivity index (χ0) is 19.4. The fourth-order valence-corrected chi connectivity index (χ4v) is 3.54. The molecule has 5 heteroatoms. The number of hydrogen-bond donors (Lipinski definition) is 1. The Morgan fingerprint density at radius 1 is 1.19 bits per heavy atom. The molecule has 1 atom stereocenters. The average Bonchev–Trinajstić information content (AvgIpc) is 2.69. The molecule has 0 bridgehead atoms. The SMILES string of the molecule is C=C(C)C(=O)OC(CO)COc1c2ccccc2cc2cccc(SC)c12. The van der Waals surface area contributed by atoms with Crippen LogP contribution in [-0.4, -0.2) is 36.6 Å². The number of esters is 1. The van der Waals surface area contributed by atoms with E-state index in [-0.39, 0.29) is 18.8 Å². The average molecular weight is 382 g/mol. The van der Waals surface area contributed by atoms with Gasteiger partial charge in [0.15, 0.2) is 6.10 Å². The number of carbonyl (C=O) groups excluding carboxylic acids is 1. The third kappa shape index (κ3) is 4.10. The first-order valence-electron chi connectivity index (χ1n) is 8.63. The van der Waals surface area contributed by atoms with Gasteiger partial charge in [-0.15, -0.1) is 11.8 Å². The first-order chi connectivity index (χ1) is 13.0. The molecule has 3 aromatic carbocycles. The number of thioether (sulfide) groups is 1. The Bertz CT molecular complexity index is 996. The van der Waals surface area contributed by atoms with E-state index in [1.807, 2.05) is 36.6 Å². The molecule has 0 aliphatic heterocycles. The summed E-state index contributed by atoms with van der Waals surface area (Å²) < 4.78 is 11.4. The maximum Gasteiger partial charge on any atom is 0.333 e. The molecule has 0 aliphatic rings. The van der Waals surface area contributed by atoms with Gasteiger partial charge in [-0.05, 0) is 36.1 Å². The van der Waals surface area contributed by atoms with Crippen molar-refractivity contribution in [1.29, 1.82) is 0 Å². The van der Waals surface area contributed by atoms with E-state index < -0.39 is 12.1 Å². The number of benzene rings is 3. The Kier molecular flexibility index (Phi) is 6.04. The van der Waals surface area contributed by atoms with Crippen LogP contribution in [0, 0.1) is 0 Å². The van der Waals surface area contributed by atoms with Crippen LogP contribution in [0.3, 0.4) is 0 Å². The Morgan fingerprint density at radius 2 is 1.93 bits per heavy atom. The molecule has 0 amide bonds. The van der Waals surface area contributed by atoms with Crippen molar-refractivity contribution in [3.05, 3.63) is 60.7 Å². The number of aliphatic hydroxyl groups excluding tert-OH is 1. The number of rotatable bonds is 7. The second-order valence-corrected chi connectivity index (χ2v) is 7.13. The van der Waals surface area contributed by atoms with Crippen molar-refractivity contribution in [1.82, 2.24) is 0 Å². The summed E-state index contributed by atoms with van der Waals surface area (Å²) in [5, 5.41) is 13.7. The van der Waals surface area contributed by atoms with Gasteiger partial charge in [0.1, 0.15) is 12.4 Å². The predicted molar refractivity (Wildman–Crippen MR) is 111 cm³/mol. The Labute approximate surface area is 162 Å². The minimum atomic E-state index is -0.760. The van der Waals surface area contributed by atoms with Gasteiger partial charge in [-0.1, -0.05) is 43.0 Å². The number of fused-ring (bicyclic) bond motifs is 2. The molecule has 1 N–H and O–H groups in total. The molecular weight excluding hydrogens is 360 g/mol. The first kappa shape index (κ1) is 19.3. The van der Waals surface area contributed by atoms with Crippen LogP contribution in [0.25, 0.3) is 21.5 Å². The molecule has 4 nitrogen and oxygen atoms in total. The van der Waals surface area contributed by atoms with Crippen LogP contribution in [0.4, 0.5) is 0 Å². The summed E-state index contributed by atoms with van der Waals surface area (Å²) in [5.74, 6) is 0.197. The van der Waals surface area contributed by atoms with Gasteiger partial charge in [-0.3, -0.25) is 0 Å². The molecule has 3 aromatic rings. The Hall–Kier alpha value is -2.50. The zero-order valence-corrected chi connectivity index (χ0v) is 16.2. The van der Waals surface area contributed by atoms with Crippen molar-refractivity contribution in [2.75, 3.05) is 19.5 Å². The predicted octanol–water partition coefficient (Wildman–Crippen LogP) is 4.57. The normalized spacial score (nSPS) is 12.1. The second-order valence-electron chi connectivity index (χ2n) is 6.29. The van der Waals surface area contributed by atoms with Crippen molar-refractivity contribution in [3.8, 4) is 5.75 Å². The topological polar surface area (TPSA) is 55.8 Å². The molecule has 0 spiro atoms. The minimum Gasteiger partial charge on any atom is -0.488 e. The molecule has 140 valence electrons. The van der Waals surface area contributed by atoms with Crippen molar-refractivity contribution >= 4 is 39.3 Å². The summed E-state index contributed by atoms with van der Waals surface area (Å²) in [4.78, 5) is 12.9. The third-order valence-corrected chi connectivity index (χ3v) is 5.04. The van der Waals surface area contributed by atoms with Crippen LogP contribution >= 0.6 is 11.8 Å². The molecule has 0 aromatic heterocycles. The van der Waals surface area contributed by atoms with Crippen LogP contribution in [0.5, 0.6) is 5.75 Å². The molecule has 3 rings (SSSR count). The third-order valence-electron chi connectivity index (χ3n) is 4.26. The van der Waals surface area contributed by atoms with Gasteiger partial charge >= 0.3 is 5.97 Å². The van der Waals surface area contributed by atoms with Crippen molar-refractivity contribution in [3.63, 3.8) is 0 Å². The maximum atomic E-state index is 11.8. The van der Waals surface area contributed by atoms with Crippen LogP contribution in [-0.2, 0) is 9.53 Å². The monoisotopic (exact) mass is 382 g/mol. The first-order valence-corrected chi connectivity index (χ1v) is 9.86. The Morgan fingerprint density at radius 3 is 2.63 bits per heavy atom. The number of carbonyl (C=O) groups is 1. The van der Waals surface area contributed by atoms with Gasteiger partial charge in [0.2, 0.25) is 0 Å². The highest BCUT2D eigenvalue weighted by atomic mass is 32.2. The summed E-state index contributed by atoms with van der Waals surface area (Å²) in [6.07, 6.45) is 1.27. The van der Waals surface area contributed by atoms with Gasteiger partial charge < -0.3 is 14.6 Å². The zero-order valence-electron chi connectivity index (χ0n) is 15.4. The summed E-state index contributed by atoms with van der Waals surface area (Å²) in [6.45, 7) is 4.87. The number of aliphatic hydroxyl groups is 1. The smallest absolute Gasteiger partial charge is 0.333 e. The molecule has 0 saturated heterocycles. The molecule has 0 aliphatic carbocycles. The molecule has 27 heavy (non-hydrogen) atoms. The highest BCUT2D eigenvalue weighted by molar-refractivity contribution is 7.98. The van der Waals surface area contributed by atoms with Gasteiger partial charge in [-0.25, -0.2) is 4.79 Å². The standard InChI is InChI=1S/C22H22O4S/c1-14(2)22(24)26-17(12-23)13-25-21-18-9-5-4-7-15(18)11-16-8-6-10-19(27-3)20(16)21/h4-11,17,23H,1,12-13H2,2-3H3. The van der Waals surface area contributed by atoms with Crippen LogP contribution < -0.4 is 4.74 Å². The van der Waals surface area contributed by atoms with Crippen LogP contribution in [0.1, 0.15) is 6.92 Å². The molecular formula is C22H22O4S. The minimum absolute atomic E-state index is 0.0569. The lowest BCUT2D eigenvalue weighted by Crippen LogP contribution is -2.28. The van der Waals surface area contributed by atoms with E-state index in [1.54, 1.807) is 18.7 Å². The van der Waals surface area contributed by atoms with Gasteiger partial charge in [0.25, 0.3) is 0 Å². The lowest BCUT2D eigenvalue weighted by atomic mass is 10.0. The van der Waals surface area contributed by atoms with E-state index in [1.165, 1.54) is 0 Å². The lowest BCUT2D eigenvalue weighted by Gasteiger charge is -2.19. The van der Waals surface area contributed by atoms with Crippen molar-refractivity contribution < 1.29 is 19.4 Å². The van der Waals surface area contributed by atoms with E-state index in [9.17, 15) is 9.90 Å². The molecule has 0 heterocycles. The van der Waals surface area contributed by atoms with Crippen LogP contribution in [0.15, 0.2) is 65.6 Å². The molecule has 0 saturated carbocycles. The van der Waals surface area contributed by atoms with E-state index in [0.29, 0.717) is 0 Å². The van der Waals surface area contributed by atoms with E-state index in [2.05, 4.69) is 24.8 Å². The van der Waals surface area contributed by atoms with E-state index in [4.69, 9.17) is 9.47 Å². The summed E-state index contributed by atoms with van der Waals surface area (Å²) in [7, 11) is 0. The van der Waals surface area contributed by atoms with Gasteiger partial charge in [0, 0.05) is 21.2 Å². The summed E-state index contributed by atoms with van der Waals surface area (Å²) >= 11 is 1.65. The number of hydrogen-bond acceptors (Lipinski definition) is 5. The summed E-state index contributed by atoms with van der Waals surface area (Å²) in [6, 6.07) is 16.3. The second kappa shape index (κ2) is 8.46. The summed E-state index contributed by atoms with van der Waals surface area (Å²) in [5.41, 5.74) is 0.286. The lowest BCUT2D eigenvalue weighted by molar-refractivity contribution is -0.147. The maximum absolute atomic E-state index is 11.8. The fourth-order valence-electron chi connectivity index (χ4n) is 2.92. The fraction of sp³-hybridized carbons (Fsp3) is 0.227. The van der Waals surface area contributed by atoms with Gasteiger partial charge in [-0.2, -0.15) is 0 Å². The van der Waals surface area contributed by atoms with Gasteiger partial charge in [0.05, 0.1) is 6.61 Å². The molecule has 1 unspecified atom stereocenters. The van der Waals surface area contributed by atoms with E-state index >= 15 is 0 Å². The van der Waals surface area contributed by atoms with E-state index in [0.717, 1.165) is 32.2 Å². The highest BCUT2D eigenvalue weighted by Gasteiger charge is 2.18. The quantitative estimate of drug-likeness (QED) is 0.281. The van der Waals surface area contributed by atoms with Crippen LogP contribution in [0.2, 0.25) is 0 Å².